The van der Waals surface area contributed by atoms with Crippen molar-refractivity contribution < 1.29 is 9.53 Å². The van der Waals surface area contributed by atoms with Gasteiger partial charge in [-0.3, -0.25) is 4.79 Å². The fourth-order valence-corrected chi connectivity index (χ4v) is 4.80. The first-order valence-electron chi connectivity index (χ1n) is 6.14. The Morgan fingerprint density at radius 2 is 2.20 bits per heavy atom. The lowest BCUT2D eigenvalue weighted by Crippen LogP contribution is -2.35. The molecular formula is C13H16O2. The smallest absolute Gasteiger partial charge is 0.309 e. The zero-order chi connectivity index (χ0) is 10.2. The van der Waals surface area contributed by atoms with Crippen molar-refractivity contribution in [3.05, 3.63) is 12.2 Å². The molecule has 2 nitrogen and oxygen atoms in total. The van der Waals surface area contributed by atoms with Gasteiger partial charge in [0, 0.05) is 11.8 Å². The van der Waals surface area contributed by atoms with Crippen molar-refractivity contribution in [1.29, 1.82) is 0 Å². The van der Waals surface area contributed by atoms with Crippen molar-refractivity contribution in [2.75, 3.05) is 0 Å². The summed E-state index contributed by atoms with van der Waals surface area (Å²) >= 11 is 0. The molecule has 1 saturated heterocycles. The number of hydrogen-bond acceptors (Lipinski definition) is 2. The predicted molar refractivity (Wildman–Crippen MR) is 54.9 cm³/mol. The monoisotopic (exact) mass is 204 g/mol. The molecule has 2 saturated carbocycles. The fraction of sp³-hybridized carbons (Fsp3) is 0.769. The van der Waals surface area contributed by atoms with Crippen LogP contribution in [0.25, 0.3) is 0 Å². The summed E-state index contributed by atoms with van der Waals surface area (Å²) in [6.07, 6.45) is 7.55. The van der Waals surface area contributed by atoms with Gasteiger partial charge < -0.3 is 4.74 Å². The van der Waals surface area contributed by atoms with E-state index in [4.69, 9.17) is 4.74 Å². The highest BCUT2D eigenvalue weighted by molar-refractivity contribution is 5.75. The minimum atomic E-state index is 0.0589. The molecule has 2 bridgehead atoms. The number of allylic oxidation sites excluding steroid dienone is 2. The van der Waals surface area contributed by atoms with Crippen molar-refractivity contribution in [3.8, 4) is 0 Å². The number of esters is 1. The van der Waals surface area contributed by atoms with Crippen LogP contribution in [0.15, 0.2) is 12.2 Å². The van der Waals surface area contributed by atoms with E-state index in [1.165, 1.54) is 12.8 Å². The van der Waals surface area contributed by atoms with E-state index >= 15 is 0 Å². The van der Waals surface area contributed by atoms with Gasteiger partial charge in [0.1, 0.15) is 6.10 Å². The second kappa shape index (κ2) is 2.47. The third kappa shape index (κ3) is 0.812. The second-order valence-electron chi connectivity index (χ2n) is 5.74. The van der Waals surface area contributed by atoms with Crippen molar-refractivity contribution >= 4 is 5.97 Å². The number of carbonyl (C=O) groups is 1. The van der Waals surface area contributed by atoms with Crippen molar-refractivity contribution in [2.45, 2.75) is 25.9 Å². The maximum absolute atomic E-state index is 11.6. The van der Waals surface area contributed by atoms with E-state index in [9.17, 15) is 4.79 Å². The Balaban J connectivity index is 1.75. The molecule has 0 spiro atoms. The summed E-state index contributed by atoms with van der Waals surface area (Å²) in [5.74, 6) is 3.73. The van der Waals surface area contributed by atoms with Crippen LogP contribution in [-0.4, -0.2) is 12.1 Å². The Kier molecular flexibility index (Phi) is 1.38. The van der Waals surface area contributed by atoms with Gasteiger partial charge in [-0.25, -0.2) is 0 Å². The summed E-state index contributed by atoms with van der Waals surface area (Å²) in [6.45, 7) is 2.06. The molecule has 0 aromatic heterocycles. The minimum Gasteiger partial charge on any atom is -0.462 e. The summed E-state index contributed by atoms with van der Waals surface area (Å²) in [4.78, 5) is 11.6. The lowest BCUT2D eigenvalue weighted by atomic mass is 9.71. The molecule has 3 fully saturated rings. The van der Waals surface area contributed by atoms with Gasteiger partial charge in [0.05, 0.1) is 5.92 Å². The summed E-state index contributed by atoms with van der Waals surface area (Å²) in [5, 5.41) is 0. The fourth-order valence-electron chi connectivity index (χ4n) is 4.80. The second-order valence-corrected chi connectivity index (χ2v) is 5.74. The summed E-state index contributed by atoms with van der Waals surface area (Å²) in [5.41, 5.74) is 0. The molecule has 0 radical (unpaired) electrons. The number of rotatable bonds is 0. The van der Waals surface area contributed by atoms with Gasteiger partial charge >= 0.3 is 5.97 Å². The van der Waals surface area contributed by atoms with E-state index in [0.717, 1.165) is 17.8 Å². The predicted octanol–water partition coefficient (Wildman–Crippen LogP) is 2.01. The Morgan fingerprint density at radius 1 is 1.33 bits per heavy atom. The zero-order valence-corrected chi connectivity index (χ0v) is 8.93. The van der Waals surface area contributed by atoms with Crippen LogP contribution in [0.4, 0.5) is 0 Å². The molecule has 1 heterocycles. The molecule has 2 heteroatoms. The minimum absolute atomic E-state index is 0.0589. The van der Waals surface area contributed by atoms with Crippen molar-refractivity contribution in [3.63, 3.8) is 0 Å². The molecule has 7 atom stereocenters. The van der Waals surface area contributed by atoms with Crippen LogP contribution in [0.1, 0.15) is 19.8 Å². The molecule has 4 aliphatic rings. The van der Waals surface area contributed by atoms with Gasteiger partial charge in [-0.15, -0.1) is 0 Å². The topological polar surface area (TPSA) is 26.3 Å². The maximum atomic E-state index is 11.6. The van der Waals surface area contributed by atoms with E-state index in [1.807, 2.05) is 0 Å². The summed E-state index contributed by atoms with van der Waals surface area (Å²) in [6, 6.07) is 0. The first kappa shape index (κ1) is 8.37. The first-order chi connectivity index (χ1) is 7.27. The van der Waals surface area contributed by atoms with E-state index in [1.54, 1.807) is 0 Å². The van der Waals surface area contributed by atoms with Crippen molar-refractivity contribution in [2.24, 2.45) is 35.5 Å². The Hall–Kier alpha value is -0.790. The quantitative estimate of drug-likeness (QED) is 0.445. The average molecular weight is 204 g/mol. The van der Waals surface area contributed by atoms with E-state index in [0.29, 0.717) is 11.8 Å². The van der Waals surface area contributed by atoms with Crippen LogP contribution in [0.3, 0.4) is 0 Å². The lowest BCUT2D eigenvalue weighted by Gasteiger charge is -2.33. The number of hydrogen-bond donors (Lipinski definition) is 0. The van der Waals surface area contributed by atoms with Crippen LogP contribution in [0.2, 0.25) is 0 Å². The Morgan fingerprint density at radius 3 is 3.07 bits per heavy atom. The maximum Gasteiger partial charge on any atom is 0.309 e. The van der Waals surface area contributed by atoms with Crippen molar-refractivity contribution in [1.82, 2.24) is 0 Å². The lowest BCUT2D eigenvalue weighted by molar-refractivity contribution is -0.146. The molecule has 1 aliphatic heterocycles. The van der Waals surface area contributed by atoms with Crippen LogP contribution < -0.4 is 0 Å². The van der Waals surface area contributed by atoms with Gasteiger partial charge in [0.2, 0.25) is 0 Å². The van der Waals surface area contributed by atoms with Gasteiger partial charge in [-0.2, -0.15) is 0 Å². The highest BCUT2D eigenvalue weighted by Crippen LogP contribution is 2.63. The highest BCUT2D eigenvalue weighted by Gasteiger charge is 2.64. The van der Waals surface area contributed by atoms with Crippen LogP contribution >= 0.6 is 0 Å². The third-order valence-corrected chi connectivity index (χ3v) is 5.35. The number of ether oxygens (including phenoxy) is 1. The average Bonchev–Trinajstić information content (AvgIpc) is 2.87. The summed E-state index contributed by atoms with van der Waals surface area (Å²) < 4.78 is 5.57. The molecule has 15 heavy (non-hydrogen) atoms. The Labute approximate surface area is 89.7 Å². The Bertz CT molecular complexity index is 360. The zero-order valence-electron chi connectivity index (χ0n) is 8.93. The third-order valence-electron chi connectivity index (χ3n) is 5.35. The van der Waals surface area contributed by atoms with Gasteiger partial charge in [-0.05, 0) is 30.6 Å². The van der Waals surface area contributed by atoms with E-state index in [-0.39, 0.29) is 18.0 Å². The van der Waals surface area contributed by atoms with Crippen LogP contribution in [-0.2, 0) is 9.53 Å². The highest BCUT2D eigenvalue weighted by atomic mass is 16.6. The molecule has 0 aromatic carbocycles. The van der Waals surface area contributed by atoms with Crippen LogP contribution in [0.5, 0.6) is 0 Å². The number of carbonyl (C=O) groups excluding carboxylic acids is 1. The molecule has 7 unspecified atom stereocenters. The van der Waals surface area contributed by atoms with Gasteiger partial charge in [0.15, 0.2) is 0 Å². The number of fused-ring (bicyclic) bond motifs is 8. The summed E-state index contributed by atoms with van der Waals surface area (Å²) in [7, 11) is 0. The molecular weight excluding hydrogens is 188 g/mol. The van der Waals surface area contributed by atoms with E-state index in [2.05, 4.69) is 19.1 Å². The standard InChI is InChI=1S/C13H16O2/c1-6-11-9-5-10(12(11)15-13(6)14)8-4-2-3-7(8)9/h2-3,6-12H,4-5H2,1H3. The van der Waals surface area contributed by atoms with Gasteiger partial charge in [0.25, 0.3) is 0 Å². The first-order valence-corrected chi connectivity index (χ1v) is 6.14. The molecule has 0 N–H and O–H groups in total. The molecule has 4 rings (SSSR count). The van der Waals surface area contributed by atoms with Crippen LogP contribution in [0, 0.1) is 35.5 Å². The molecule has 0 amide bonds. The molecule has 3 aliphatic carbocycles. The largest absolute Gasteiger partial charge is 0.462 e. The molecule has 0 aromatic rings. The molecule has 80 valence electrons. The SMILES string of the molecule is CC1C(=O)OC2C3CC(C4C=CCC43)C12. The van der Waals surface area contributed by atoms with Gasteiger partial charge in [-0.1, -0.05) is 19.1 Å². The normalized spacial score (nSPS) is 59.5. The van der Waals surface area contributed by atoms with E-state index < -0.39 is 0 Å².